The summed E-state index contributed by atoms with van der Waals surface area (Å²) >= 11 is -0.183. The van der Waals surface area contributed by atoms with Crippen LogP contribution in [0, 0.1) is 0 Å². The number of hydrogen-bond donors (Lipinski definition) is 0. The molecule has 0 unspecified atom stereocenters. The number of ether oxygens (including phenoxy) is 9. The molecule has 0 saturated carbocycles. The summed E-state index contributed by atoms with van der Waals surface area (Å²) in [6.45, 7) is 11.6. The summed E-state index contributed by atoms with van der Waals surface area (Å²) in [5.41, 5.74) is 1.93. The monoisotopic (exact) mass is 952 g/mol. The quantitative estimate of drug-likeness (QED) is 0.108. The third-order valence-electron chi connectivity index (χ3n) is 12.5. The summed E-state index contributed by atoms with van der Waals surface area (Å²) in [4.78, 5) is -0.247. The summed E-state index contributed by atoms with van der Waals surface area (Å²) in [5, 5.41) is 2.12. The molecule has 4 saturated heterocycles. The van der Waals surface area contributed by atoms with Gasteiger partial charge >= 0.3 is 387 Å². The van der Waals surface area contributed by atoms with E-state index in [0.29, 0.717) is 6.61 Å². The second-order valence-electron chi connectivity index (χ2n) is 18.3. The van der Waals surface area contributed by atoms with Crippen LogP contribution in [0.25, 0.3) is 0 Å². The van der Waals surface area contributed by atoms with E-state index >= 15 is 0 Å². The van der Waals surface area contributed by atoms with Crippen molar-refractivity contribution in [3.63, 3.8) is 0 Å². The Morgan fingerprint density at radius 1 is 0.656 bits per heavy atom. The molecule has 0 radical (unpaired) electrons. The van der Waals surface area contributed by atoms with Gasteiger partial charge in [0.05, 0.1) is 0 Å². The number of benzene rings is 5. The van der Waals surface area contributed by atoms with E-state index in [4.69, 9.17) is 47.1 Å². The van der Waals surface area contributed by atoms with E-state index in [9.17, 15) is 0 Å². The first-order valence-electron chi connectivity index (χ1n) is 22.3. The minimum atomic E-state index is -2.98. The van der Waals surface area contributed by atoms with Crippen LogP contribution in [0.2, 0.25) is 9.85 Å². The summed E-state index contributed by atoms with van der Waals surface area (Å²) in [5.74, 6) is -0.881. The molecule has 0 aliphatic carbocycles. The van der Waals surface area contributed by atoms with E-state index < -0.39 is 69.6 Å². The van der Waals surface area contributed by atoms with Crippen molar-refractivity contribution < 1.29 is 47.1 Å². The third-order valence-corrected chi connectivity index (χ3v) is 20.2. The molecular formula is C52H60O10SeSi. The van der Waals surface area contributed by atoms with Crippen LogP contribution in [-0.2, 0) is 53.7 Å². The van der Waals surface area contributed by atoms with E-state index in [2.05, 4.69) is 118 Å². The fraction of sp³-hybridized carbons (Fsp3) is 0.423. The molecule has 5 aromatic rings. The molecule has 11 atom stereocenters. The van der Waals surface area contributed by atoms with Crippen LogP contribution >= 0.6 is 0 Å². The van der Waals surface area contributed by atoms with Gasteiger partial charge in [0.15, 0.2) is 0 Å². The predicted molar refractivity (Wildman–Crippen MR) is 247 cm³/mol. The summed E-state index contributed by atoms with van der Waals surface area (Å²) in [6, 6.07) is 51.9. The van der Waals surface area contributed by atoms with Gasteiger partial charge in [-0.3, -0.25) is 0 Å². The van der Waals surface area contributed by atoms with Crippen molar-refractivity contribution in [3.05, 3.63) is 163 Å². The Hall–Kier alpha value is -3.56. The predicted octanol–water partition coefficient (Wildman–Crippen LogP) is 7.08. The molecule has 4 aliphatic heterocycles. The Morgan fingerprint density at radius 2 is 1.23 bits per heavy atom. The fourth-order valence-corrected chi connectivity index (χ4v) is 16.7. The van der Waals surface area contributed by atoms with Gasteiger partial charge < -0.3 is 0 Å². The molecule has 4 heterocycles. The molecule has 4 aliphatic rings. The van der Waals surface area contributed by atoms with Crippen LogP contribution in [0.4, 0.5) is 0 Å². The van der Waals surface area contributed by atoms with Crippen molar-refractivity contribution in [2.45, 2.75) is 118 Å². The normalized spacial score (nSPS) is 30.3. The zero-order chi connectivity index (χ0) is 44.3. The van der Waals surface area contributed by atoms with E-state index in [0.717, 1.165) is 11.1 Å². The first-order valence-corrected chi connectivity index (χ1v) is 26.1. The van der Waals surface area contributed by atoms with Crippen LogP contribution in [-0.4, -0.2) is 105 Å². The molecule has 0 spiro atoms. The maximum atomic E-state index is 7.57. The zero-order valence-electron chi connectivity index (χ0n) is 37.4. The molecular weight excluding hydrogens is 892 g/mol. The van der Waals surface area contributed by atoms with E-state index in [1.807, 2.05) is 68.4 Å². The molecule has 0 amide bonds. The number of methoxy groups -OCH3 is 1. The second-order valence-corrected chi connectivity index (χ2v) is 25.2. The summed E-state index contributed by atoms with van der Waals surface area (Å²) < 4.78 is 70.2. The van der Waals surface area contributed by atoms with Gasteiger partial charge in [-0.25, -0.2) is 0 Å². The molecule has 12 heteroatoms. The zero-order valence-corrected chi connectivity index (χ0v) is 40.1. The summed E-state index contributed by atoms with van der Waals surface area (Å²) in [7, 11) is -1.35. The molecule has 9 rings (SSSR count). The van der Waals surface area contributed by atoms with E-state index in [-0.39, 0.29) is 44.1 Å². The Labute approximate surface area is 385 Å². The van der Waals surface area contributed by atoms with Gasteiger partial charge in [0.2, 0.25) is 0 Å². The first kappa shape index (κ1) is 45.6. The summed E-state index contributed by atoms with van der Waals surface area (Å²) in [6.07, 6.45) is -6.12. The maximum absolute atomic E-state index is 7.57. The van der Waals surface area contributed by atoms with Crippen molar-refractivity contribution in [1.29, 1.82) is 0 Å². The van der Waals surface area contributed by atoms with E-state index in [1.165, 1.54) is 14.8 Å². The van der Waals surface area contributed by atoms with E-state index in [1.54, 1.807) is 7.11 Å². The molecule has 0 N–H and O–H groups in total. The SMILES string of the molecule is CO[C@H]1O[C@@H]2CO[C@@H](c3ccccc3)O[C@H]2[C@H](OCc2ccccc2)[C@H]1O[C@@H]1O[C@H](CO[Si](c2ccccc2)(c2ccccc2)C(C)(C)C)[C@H]2OC(C)(C)O[C@H]2[C@H]1[Se]c1ccccc1. The van der Waals surface area contributed by atoms with Crippen molar-refractivity contribution >= 4 is 38.1 Å². The first-order chi connectivity index (χ1) is 31.0. The van der Waals surface area contributed by atoms with Gasteiger partial charge in [0.25, 0.3) is 0 Å². The second kappa shape index (κ2) is 19.7. The Kier molecular flexibility index (Phi) is 14.1. The minimum absolute atomic E-state index is 0.183. The Morgan fingerprint density at radius 3 is 1.84 bits per heavy atom. The van der Waals surface area contributed by atoms with Gasteiger partial charge in [0, 0.05) is 0 Å². The van der Waals surface area contributed by atoms with Crippen LogP contribution in [0.1, 0.15) is 52.0 Å². The standard InChI is InChI=1S/C52H60O10SeSi/c1-51(2,3)64(38-28-18-10-19-29-38,39-30-20-11-21-31-39)56-34-41-43-45(62-52(4,5)61-43)47(63-37-26-16-9-17-27-37)50(58-41)60-46-44(54-32-35-22-12-7-13-23-35)42-40(57-49(46)53-6)33-55-48(59-42)36-24-14-8-15-25-36/h7-31,40-50H,32-34H2,1-6H3/t40-,41-,42-,43-,44+,45-,46-,47-,48-,49+,50+/m1/s1. The van der Waals surface area contributed by atoms with Crippen molar-refractivity contribution in [3.8, 4) is 0 Å². The average molecular weight is 952 g/mol. The molecule has 0 aromatic heterocycles. The molecule has 10 nitrogen and oxygen atoms in total. The van der Waals surface area contributed by atoms with Crippen LogP contribution in [0.5, 0.6) is 0 Å². The van der Waals surface area contributed by atoms with Crippen LogP contribution in [0.15, 0.2) is 152 Å². The van der Waals surface area contributed by atoms with Gasteiger partial charge in [-0.2, -0.15) is 0 Å². The molecule has 4 fully saturated rings. The third kappa shape index (κ3) is 9.64. The number of hydrogen-bond acceptors (Lipinski definition) is 10. The van der Waals surface area contributed by atoms with Crippen molar-refractivity contribution in [2.75, 3.05) is 20.3 Å². The van der Waals surface area contributed by atoms with Gasteiger partial charge in [0.1, 0.15) is 0 Å². The Bertz CT molecular complexity index is 2180. The van der Waals surface area contributed by atoms with Gasteiger partial charge in [-0.05, 0) is 0 Å². The number of rotatable bonds is 14. The number of fused-ring (bicyclic) bond motifs is 2. The van der Waals surface area contributed by atoms with Crippen LogP contribution < -0.4 is 14.8 Å². The molecule has 338 valence electrons. The molecule has 5 aromatic carbocycles. The Balaban J connectivity index is 1.09. The van der Waals surface area contributed by atoms with Crippen LogP contribution in [0.3, 0.4) is 0 Å². The fourth-order valence-electron chi connectivity index (χ4n) is 9.60. The topological polar surface area (TPSA) is 92.3 Å². The van der Waals surface area contributed by atoms with Crippen molar-refractivity contribution in [2.24, 2.45) is 0 Å². The average Bonchev–Trinajstić information content (AvgIpc) is 3.65. The van der Waals surface area contributed by atoms with Gasteiger partial charge in [-0.15, -0.1) is 0 Å². The molecule has 0 bridgehead atoms. The van der Waals surface area contributed by atoms with Crippen molar-refractivity contribution in [1.82, 2.24) is 0 Å². The van der Waals surface area contributed by atoms with Gasteiger partial charge in [-0.1, -0.05) is 0 Å². The molecule has 64 heavy (non-hydrogen) atoms.